The molecule has 150 valence electrons. The van der Waals surface area contributed by atoms with E-state index < -0.39 is 0 Å². The molecular formula is C22H29N3O3. The number of anilines is 2. The van der Waals surface area contributed by atoms with Crippen LogP contribution in [0.2, 0.25) is 0 Å². The van der Waals surface area contributed by atoms with Gasteiger partial charge in [0.1, 0.15) is 5.75 Å². The maximum atomic E-state index is 12.5. The number of carbonyl (C=O) groups excluding carboxylic acids is 2. The van der Waals surface area contributed by atoms with Gasteiger partial charge in [0.15, 0.2) is 0 Å². The van der Waals surface area contributed by atoms with Crippen LogP contribution >= 0.6 is 0 Å². The van der Waals surface area contributed by atoms with E-state index in [1.54, 1.807) is 7.11 Å². The molecule has 0 aliphatic carbocycles. The molecule has 0 aliphatic heterocycles. The molecule has 2 aromatic rings. The molecule has 6 heteroatoms. The molecule has 2 rings (SSSR count). The second-order valence-electron chi connectivity index (χ2n) is 6.83. The highest BCUT2D eigenvalue weighted by atomic mass is 16.5. The highest BCUT2D eigenvalue weighted by Crippen LogP contribution is 2.25. The summed E-state index contributed by atoms with van der Waals surface area (Å²) in [7, 11) is 1.57. The molecule has 2 aromatic carbocycles. The Kier molecular flexibility index (Phi) is 8.02. The lowest BCUT2D eigenvalue weighted by Crippen LogP contribution is -2.39. The summed E-state index contributed by atoms with van der Waals surface area (Å²) < 4.78 is 5.30. The topological polar surface area (TPSA) is 70.7 Å². The Balaban J connectivity index is 1.98. The fraction of sp³-hybridized carbons (Fsp3) is 0.364. The van der Waals surface area contributed by atoms with Crippen LogP contribution in [0.1, 0.15) is 24.5 Å². The molecule has 28 heavy (non-hydrogen) atoms. The Morgan fingerprint density at radius 1 is 0.964 bits per heavy atom. The molecule has 0 bridgehead atoms. The first-order valence-electron chi connectivity index (χ1n) is 9.45. The summed E-state index contributed by atoms with van der Waals surface area (Å²) in [4.78, 5) is 26.8. The number of hydrogen-bond acceptors (Lipinski definition) is 4. The minimum Gasteiger partial charge on any atom is -0.495 e. The first-order valence-corrected chi connectivity index (χ1v) is 9.45. The van der Waals surface area contributed by atoms with Crippen LogP contribution in [0.5, 0.6) is 5.75 Å². The van der Waals surface area contributed by atoms with E-state index in [1.807, 2.05) is 68.1 Å². The third-order valence-electron chi connectivity index (χ3n) is 4.32. The standard InChI is InChI=1S/C22H29N3O3/c1-5-12-25(14-21(26)23-18-9-7-6-8-17(18)3)15-22(27)24-19-13-16(2)10-11-20(19)28-4/h6-11,13H,5,12,14-15H2,1-4H3,(H,23,26)(H,24,27). The number of nitrogens with zero attached hydrogens (tertiary/aromatic N) is 1. The van der Waals surface area contributed by atoms with Gasteiger partial charge in [-0.15, -0.1) is 0 Å². The average Bonchev–Trinajstić information content (AvgIpc) is 2.64. The van der Waals surface area contributed by atoms with Crippen molar-refractivity contribution in [2.24, 2.45) is 0 Å². The predicted octanol–water partition coefficient (Wildman–Crippen LogP) is 3.60. The van der Waals surface area contributed by atoms with Crippen LogP contribution in [0.25, 0.3) is 0 Å². The average molecular weight is 383 g/mol. The molecule has 0 fully saturated rings. The highest BCUT2D eigenvalue weighted by molar-refractivity contribution is 5.95. The van der Waals surface area contributed by atoms with Crippen molar-refractivity contribution in [1.82, 2.24) is 4.90 Å². The van der Waals surface area contributed by atoms with Gasteiger partial charge >= 0.3 is 0 Å². The van der Waals surface area contributed by atoms with Crippen LogP contribution in [0.3, 0.4) is 0 Å². The number of rotatable bonds is 9. The maximum absolute atomic E-state index is 12.5. The lowest BCUT2D eigenvalue weighted by atomic mass is 10.2. The van der Waals surface area contributed by atoms with E-state index in [0.29, 0.717) is 18.0 Å². The van der Waals surface area contributed by atoms with E-state index >= 15 is 0 Å². The molecule has 0 spiro atoms. The number of aryl methyl sites for hydroxylation is 2. The second kappa shape index (κ2) is 10.5. The zero-order valence-electron chi connectivity index (χ0n) is 17.0. The van der Waals surface area contributed by atoms with Gasteiger partial charge in [0.05, 0.1) is 25.9 Å². The molecule has 0 saturated carbocycles. The van der Waals surface area contributed by atoms with E-state index in [-0.39, 0.29) is 24.9 Å². The smallest absolute Gasteiger partial charge is 0.238 e. The summed E-state index contributed by atoms with van der Waals surface area (Å²) >= 11 is 0. The molecule has 0 heterocycles. The van der Waals surface area contributed by atoms with Crippen LogP contribution in [0.15, 0.2) is 42.5 Å². The van der Waals surface area contributed by atoms with Crippen LogP contribution < -0.4 is 15.4 Å². The Morgan fingerprint density at radius 3 is 2.21 bits per heavy atom. The summed E-state index contributed by atoms with van der Waals surface area (Å²) in [6.07, 6.45) is 0.846. The summed E-state index contributed by atoms with van der Waals surface area (Å²) in [5.41, 5.74) is 3.45. The van der Waals surface area contributed by atoms with Gasteiger partial charge in [-0.05, 0) is 56.1 Å². The maximum Gasteiger partial charge on any atom is 0.238 e. The van der Waals surface area contributed by atoms with Crippen molar-refractivity contribution >= 4 is 23.2 Å². The summed E-state index contributed by atoms with van der Waals surface area (Å²) in [5.74, 6) is 0.294. The van der Waals surface area contributed by atoms with Gasteiger partial charge in [0.2, 0.25) is 11.8 Å². The van der Waals surface area contributed by atoms with Crippen molar-refractivity contribution in [3.63, 3.8) is 0 Å². The van der Waals surface area contributed by atoms with Gasteiger partial charge in [-0.2, -0.15) is 0 Å². The second-order valence-corrected chi connectivity index (χ2v) is 6.83. The lowest BCUT2D eigenvalue weighted by molar-refractivity contribution is -0.120. The normalized spacial score (nSPS) is 10.6. The van der Waals surface area contributed by atoms with Crippen LogP contribution in [0, 0.1) is 13.8 Å². The third kappa shape index (κ3) is 6.39. The van der Waals surface area contributed by atoms with Crippen molar-refractivity contribution in [2.45, 2.75) is 27.2 Å². The molecule has 0 aliphatic rings. The number of ether oxygens (including phenoxy) is 1. The SMILES string of the molecule is CCCN(CC(=O)Nc1ccccc1C)CC(=O)Nc1cc(C)ccc1OC. The molecule has 0 atom stereocenters. The molecular weight excluding hydrogens is 354 g/mol. The first kappa shape index (κ1) is 21.4. The fourth-order valence-electron chi connectivity index (χ4n) is 2.95. The van der Waals surface area contributed by atoms with E-state index in [1.165, 1.54) is 0 Å². The number of hydrogen-bond donors (Lipinski definition) is 2. The van der Waals surface area contributed by atoms with Gasteiger partial charge in [-0.3, -0.25) is 14.5 Å². The molecule has 2 amide bonds. The summed E-state index contributed by atoms with van der Waals surface area (Å²) in [5, 5.41) is 5.80. The van der Waals surface area contributed by atoms with Gasteiger partial charge in [0, 0.05) is 5.69 Å². The summed E-state index contributed by atoms with van der Waals surface area (Å²) in [6, 6.07) is 13.2. The van der Waals surface area contributed by atoms with Crippen LogP contribution in [-0.2, 0) is 9.59 Å². The largest absolute Gasteiger partial charge is 0.495 e. The molecule has 6 nitrogen and oxygen atoms in total. The Morgan fingerprint density at radius 2 is 1.61 bits per heavy atom. The van der Waals surface area contributed by atoms with Crippen molar-refractivity contribution < 1.29 is 14.3 Å². The van der Waals surface area contributed by atoms with Crippen molar-refractivity contribution in [2.75, 3.05) is 37.4 Å². The van der Waals surface area contributed by atoms with Crippen LogP contribution in [0.4, 0.5) is 11.4 Å². The number of methoxy groups -OCH3 is 1. The molecule has 0 unspecified atom stereocenters. The Hall–Kier alpha value is -2.86. The number of amides is 2. The van der Waals surface area contributed by atoms with Gasteiger partial charge < -0.3 is 15.4 Å². The minimum atomic E-state index is -0.180. The van der Waals surface area contributed by atoms with Gasteiger partial charge in [-0.1, -0.05) is 31.2 Å². The third-order valence-corrected chi connectivity index (χ3v) is 4.32. The number of carbonyl (C=O) groups is 2. The quantitative estimate of drug-likeness (QED) is 0.694. The zero-order valence-corrected chi connectivity index (χ0v) is 17.0. The van der Waals surface area contributed by atoms with Crippen molar-refractivity contribution in [3.8, 4) is 5.75 Å². The zero-order chi connectivity index (χ0) is 20.5. The van der Waals surface area contributed by atoms with Gasteiger partial charge in [0.25, 0.3) is 0 Å². The van der Waals surface area contributed by atoms with E-state index in [9.17, 15) is 9.59 Å². The molecule has 2 N–H and O–H groups in total. The predicted molar refractivity (Wildman–Crippen MR) is 113 cm³/mol. The van der Waals surface area contributed by atoms with E-state index in [4.69, 9.17) is 4.74 Å². The number of para-hydroxylation sites is 1. The first-order chi connectivity index (χ1) is 13.4. The van der Waals surface area contributed by atoms with Crippen molar-refractivity contribution in [3.05, 3.63) is 53.6 Å². The highest BCUT2D eigenvalue weighted by Gasteiger charge is 2.16. The molecule has 0 radical (unpaired) electrons. The number of nitrogens with one attached hydrogen (secondary N) is 2. The minimum absolute atomic E-state index is 0.131. The monoisotopic (exact) mass is 383 g/mol. The molecule has 0 aromatic heterocycles. The van der Waals surface area contributed by atoms with E-state index in [2.05, 4.69) is 10.6 Å². The van der Waals surface area contributed by atoms with Gasteiger partial charge in [-0.25, -0.2) is 0 Å². The van der Waals surface area contributed by atoms with Crippen molar-refractivity contribution in [1.29, 1.82) is 0 Å². The summed E-state index contributed by atoms with van der Waals surface area (Å²) in [6.45, 7) is 6.86. The Labute approximate surface area is 166 Å². The Bertz CT molecular complexity index is 820. The number of benzene rings is 2. The fourth-order valence-corrected chi connectivity index (χ4v) is 2.95. The van der Waals surface area contributed by atoms with Crippen LogP contribution in [-0.4, -0.2) is 43.5 Å². The van der Waals surface area contributed by atoms with E-state index in [0.717, 1.165) is 23.2 Å². The lowest BCUT2D eigenvalue weighted by Gasteiger charge is -2.21. The molecule has 0 saturated heterocycles.